The van der Waals surface area contributed by atoms with Gasteiger partial charge in [-0.15, -0.1) is 11.3 Å². The van der Waals surface area contributed by atoms with Gasteiger partial charge in [-0.25, -0.2) is 0 Å². The molecule has 1 aromatic heterocycles. The van der Waals surface area contributed by atoms with Crippen molar-refractivity contribution in [1.29, 1.82) is 5.26 Å². The number of nitrogens with zero attached hydrogens (tertiary/aromatic N) is 1. The molecule has 2 nitrogen and oxygen atoms in total. The Hall–Kier alpha value is -1.53. The van der Waals surface area contributed by atoms with E-state index in [1.165, 1.54) is 22.5 Å². The van der Waals surface area contributed by atoms with Gasteiger partial charge < -0.3 is 5.73 Å². The maximum atomic E-state index is 9.16. The number of thiophene rings is 1. The Balaban J connectivity index is 0.000000771. The lowest BCUT2D eigenvalue weighted by Crippen LogP contribution is -1.91. The Bertz CT molecular complexity index is 589. The van der Waals surface area contributed by atoms with Gasteiger partial charge in [0.25, 0.3) is 0 Å². The zero-order valence-electron chi connectivity index (χ0n) is 11.7. The minimum atomic E-state index is 0.406. The smallest absolute Gasteiger partial charge is 0.105 e. The largest absolute Gasteiger partial charge is 0.389 e. The SMILES string of the molecule is CC.Cc1cc(C(C)C)c2c(C#N)c(N)sc2c1. The van der Waals surface area contributed by atoms with Crippen molar-refractivity contribution in [3.8, 4) is 6.07 Å². The minimum absolute atomic E-state index is 0.406. The van der Waals surface area contributed by atoms with Gasteiger partial charge in [0.15, 0.2) is 0 Å². The van der Waals surface area contributed by atoms with E-state index in [4.69, 9.17) is 11.0 Å². The van der Waals surface area contributed by atoms with Crippen LogP contribution in [0.25, 0.3) is 10.1 Å². The third-order valence-electron chi connectivity index (χ3n) is 2.73. The summed E-state index contributed by atoms with van der Waals surface area (Å²) in [6.45, 7) is 10.4. The van der Waals surface area contributed by atoms with Crippen molar-refractivity contribution in [2.24, 2.45) is 0 Å². The van der Waals surface area contributed by atoms with E-state index in [2.05, 4.69) is 39.0 Å². The molecule has 0 unspecified atom stereocenters. The maximum Gasteiger partial charge on any atom is 0.105 e. The Labute approximate surface area is 113 Å². The molecule has 0 saturated carbocycles. The number of rotatable bonds is 1. The van der Waals surface area contributed by atoms with Crippen molar-refractivity contribution in [1.82, 2.24) is 0 Å². The molecule has 96 valence electrons. The number of nitrogen functional groups attached to an aromatic ring is 1. The van der Waals surface area contributed by atoms with Gasteiger partial charge in [-0.1, -0.05) is 33.8 Å². The summed E-state index contributed by atoms with van der Waals surface area (Å²) in [5.41, 5.74) is 8.97. The lowest BCUT2D eigenvalue weighted by Gasteiger charge is -2.09. The number of nitriles is 1. The second kappa shape index (κ2) is 5.88. The van der Waals surface area contributed by atoms with Crippen molar-refractivity contribution in [3.05, 3.63) is 28.8 Å². The number of benzene rings is 1. The Morgan fingerprint density at radius 3 is 2.39 bits per heavy atom. The molecule has 0 amide bonds. The van der Waals surface area contributed by atoms with Crippen molar-refractivity contribution in [3.63, 3.8) is 0 Å². The molecule has 0 fully saturated rings. The topological polar surface area (TPSA) is 49.8 Å². The van der Waals surface area contributed by atoms with Crippen LogP contribution in [0.2, 0.25) is 0 Å². The first-order chi connectivity index (χ1) is 8.54. The fourth-order valence-corrected chi connectivity index (χ4v) is 3.04. The molecular weight excluding hydrogens is 240 g/mol. The highest BCUT2D eigenvalue weighted by atomic mass is 32.1. The summed E-state index contributed by atoms with van der Waals surface area (Å²) < 4.78 is 1.12. The van der Waals surface area contributed by atoms with Crippen LogP contribution in [0.4, 0.5) is 5.00 Å². The molecule has 0 atom stereocenters. The average molecular weight is 260 g/mol. The molecule has 0 saturated heterocycles. The zero-order chi connectivity index (χ0) is 13.9. The molecule has 1 aromatic carbocycles. The molecule has 0 aliphatic heterocycles. The summed E-state index contributed by atoms with van der Waals surface area (Å²) in [4.78, 5) is 0. The molecule has 2 rings (SSSR count). The molecule has 0 aliphatic carbocycles. The summed E-state index contributed by atoms with van der Waals surface area (Å²) in [5, 5.41) is 10.8. The predicted molar refractivity (Wildman–Crippen MR) is 81.1 cm³/mol. The lowest BCUT2D eigenvalue weighted by molar-refractivity contribution is 0.875. The van der Waals surface area contributed by atoms with Gasteiger partial charge >= 0.3 is 0 Å². The summed E-state index contributed by atoms with van der Waals surface area (Å²) in [7, 11) is 0. The summed E-state index contributed by atoms with van der Waals surface area (Å²) in [5.74, 6) is 0.406. The molecule has 18 heavy (non-hydrogen) atoms. The predicted octanol–water partition coefficient (Wildman–Crippen LogP) is 4.81. The molecular formula is C15H20N2S. The second-order valence-electron chi connectivity index (χ2n) is 4.34. The summed E-state index contributed by atoms with van der Waals surface area (Å²) >= 11 is 1.50. The van der Waals surface area contributed by atoms with Gasteiger partial charge in [0.05, 0.1) is 5.56 Å². The Morgan fingerprint density at radius 1 is 1.28 bits per heavy atom. The van der Waals surface area contributed by atoms with Crippen LogP contribution in [0.15, 0.2) is 12.1 Å². The molecule has 3 heteroatoms. The van der Waals surface area contributed by atoms with Crippen molar-refractivity contribution >= 4 is 26.4 Å². The maximum absolute atomic E-state index is 9.16. The van der Waals surface area contributed by atoms with Crippen LogP contribution in [0.1, 0.15) is 50.3 Å². The lowest BCUT2D eigenvalue weighted by atomic mass is 9.95. The van der Waals surface area contributed by atoms with E-state index < -0.39 is 0 Å². The van der Waals surface area contributed by atoms with Crippen LogP contribution in [-0.4, -0.2) is 0 Å². The normalized spacial score (nSPS) is 10.1. The molecule has 1 heterocycles. The second-order valence-corrected chi connectivity index (χ2v) is 5.42. The molecule has 0 spiro atoms. The zero-order valence-corrected chi connectivity index (χ0v) is 12.5. The number of nitrogens with two attached hydrogens (primary N) is 1. The summed E-state index contributed by atoms with van der Waals surface area (Å²) in [6, 6.07) is 6.47. The number of fused-ring (bicyclic) bond motifs is 1. The molecule has 0 aliphatic rings. The monoisotopic (exact) mass is 260 g/mol. The molecule has 0 bridgehead atoms. The van der Waals surface area contributed by atoms with Gasteiger partial charge in [-0.2, -0.15) is 5.26 Å². The van der Waals surface area contributed by atoms with E-state index >= 15 is 0 Å². The van der Waals surface area contributed by atoms with Gasteiger partial charge in [-0.3, -0.25) is 0 Å². The van der Waals surface area contributed by atoms with Crippen LogP contribution in [-0.2, 0) is 0 Å². The molecule has 2 N–H and O–H groups in total. The van der Waals surface area contributed by atoms with Crippen LogP contribution in [0.5, 0.6) is 0 Å². The molecule has 0 radical (unpaired) electrons. The average Bonchev–Trinajstić information content (AvgIpc) is 2.65. The van der Waals surface area contributed by atoms with Crippen LogP contribution < -0.4 is 5.73 Å². The first kappa shape index (κ1) is 14.5. The van der Waals surface area contributed by atoms with Gasteiger partial charge in [-0.05, 0) is 30.0 Å². The van der Waals surface area contributed by atoms with Crippen molar-refractivity contribution in [2.45, 2.75) is 40.5 Å². The van der Waals surface area contributed by atoms with Crippen molar-refractivity contribution < 1.29 is 0 Å². The van der Waals surface area contributed by atoms with E-state index in [-0.39, 0.29) is 0 Å². The third kappa shape index (κ3) is 2.49. The van der Waals surface area contributed by atoms with Gasteiger partial charge in [0.1, 0.15) is 11.1 Å². The number of anilines is 1. The fourth-order valence-electron chi connectivity index (χ4n) is 1.99. The Kier molecular flexibility index (Phi) is 4.75. The highest BCUT2D eigenvalue weighted by Gasteiger charge is 2.15. The van der Waals surface area contributed by atoms with E-state index in [1.807, 2.05) is 13.8 Å². The quantitative estimate of drug-likeness (QED) is 0.799. The minimum Gasteiger partial charge on any atom is -0.389 e. The standard InChI is InChI=1S/C13H14N2S.C2H6/c1-7(2)9-4-8(3)5-11-12(9)10(6-14)13(15)16-11;1-2/h4-5,7H,15H2,1-3H3;1-2H3. The highest BCUT2D eigenvalue weighted by molar-refractivity contribution is 7.23. The van der Waals surface area contributed by atoms with Crippen LogP contribution in [0, 0.1) is 18.3 Å². The Morgan fingerprint density at radius 2 is 1.89 bits per heavy atom. The number of hydrogen-bond acceptors (Lipinski definition) is 3. The summed E-state index contributed by atoms with van der Waals surface area (Å²) in [6.07, 6.45) is 0. The van der Waals surface area contributed by atoms with Crippen LogP contribution >= 0.6 is 11.3 Å². The van der Waals surface area contributed by atoms with E-state index in [0.717, 1.165) is 10.1 Å². The first-order valence-corrected chi connectivity index (χ1v) is 7.09. The number of hydrogen-bond donors (Lipinski definition) is 1. The highest BCUT2D eigenvalue weighted by Crippen LogP contribution is 2.38. The van der Waals surface area contributed by atoms with E-state index in [9.17, 15) is 0 Å². The first-order valence-electron chi connectivity index (χ1n) is 6.27. The fraction of sp³-hybridized carbons (Fsp3) is 0.400. The van der Waals surface area contributed by atoms with Gasteiger partial charge in [0, 0.05) is 10.1 Å². The van der Waals surface area contributed by atoms with Crippen LogP contribution in [0.3, 0.4) is 0 Å². The van der Waals surface area contributed by atoms with E-state index in [0.29, 0.717) is 16.5 Å². The third-order valence-corrected chi connectivity index (χ3v) is 3.69. The van der Waals surface area contributed by atoms with Crippen molar-refractivity contribution in [2.75, 3.05) is 5.73 Å². The molecule has 2 aromatic rings. The van der Waals surface area contributed by atoms with Gasteiger partial charge in [0.2, 0.25) is 0 Å². The number of aryl methyl sites for hydroxylation is 1. The van der Waals surface area contributed by atoms with E-state index in [1.54, 1.807) is 0 Å².